The van der Waals surface area contributed by atoms with Crippen LogP contribution < -0.4 is 5.32 Å². The van der Waals surface area contributed by atoms with Crippen LogP contribution in [0.25, 0.3) is 0 Å². The van der Waals surface area contributed by atoms with Gasteiger partial charge in [-0.2, -0.15) is 0 Å². The number of aromatic nitrogens is 2. The van der Waals surface area contributed by atoms with Crippen LogP contribution in [0.4, 0.5) is 0 Å². The summed E-state index contributed by atoms with van der Waals surface area (Å²) in [5, 5.41) is 16.5. The number of aliphatic carboxylic acids is 1. The summed E-state index contributed by atoms with van der Waals surface area (Å²) in [6, 6.07) is -0.397. The summed E-state index contributed by atoms with van der Waals surface area (Å²) < 4.78 is 3.57. The van der Waals surface area contributed by atoms with Crippen molar-refractivity contribution in [1.29, 1.82) is 0 Å². The third-order valence-electron chi connectivity index (χ3n) is 2.11. The maximum Gasteiger partial charge on any atom is 0.305 e. The number of carbonyl (C=O) groups is 2. The molecule has 0 bridgehead atoms. The van der Waals surface area contributed by atoms with Crippen molar-refractivity contribution in [2.45, 2.75) is 26.3 Å². The van der Waals surface area contributed by atoms with Gasteiger partial charge in [0.15, 0.2) is 5.69 Å². The normalized spacial score (nSPS) is 12.4. The van der Waals surface area contributed by atoms with Gasteiger partial charge in [-0.25, -0.2) is 0 Å². The molecule has 1 heterocycles. The summed E-state index contributed by atoms with van der Waals surface area (Å²) in [7, 11) is 0. The van der Waals surface area contributed by atoms with Crippen molar-refractivity contribution in [2.75, 3.05) is 0 Å². The second-order valence-corrected chi connectivity index (χ2v) is 4.32. The van der Waals surface area contributed by atoms with Crippen LogP contribution in [0.3, 0.4) is 0 Å². The number of rotatable bonds is 5. The van der Waals surface area contributed by atoms with Gasteiger partial charge in [-0.3, -0.25) is 9.59 Å². The minimum Gasteiger partial charge on any atom is -0.481 e. The molecule has 0 radical (unpaired) electrons. The highest BCUT2D eigenvalue weighted by atomic mass is 32.1. The predicted molar refractivity (Wildman–Crippen MR) is 58.3 cm³/mol. The van der Waals surface area contributed by atoms with Crippen molar-refractivity contribution in [3.8, 4) is 0 Å². The van der Waals surface area contributed by atoms with Gasteiger partial charge in [-0.15, -0.1) is 5.10 Å². The molecule has 1 unspecified atom stereocenters. The van der Waals surface area contributed by atoms with Crippen LogP contribution in [0.2, 0.25) is 0 Å². The Morgan fingerprint density at radius 2 is 2.25 bits per heavy atom. The Balaban J connectivity index is 2.61. The monoisotopic (exact) mass is 243 g/mol. The number of hydrogen-bond acceptors (Lipinski definition) is 5. The first kappa shape index (κ1) is 12.6. The Morgan fingerprint density at radius 1 is 1.56 bits per heavy atom. The Bertz CT molecular complexity index is 364. The molecule has 0 aliphatic heterocycles. The van der Waals surface area contributed by atoms with E-state index in [0.29, 0.717) is 0 Å². The van der Waals surface area contributed by atoms with Crippen LogP contribution >= 0.6 is 11.5 Å². The van der Waals surface area contributed by atoms with Crippen molar-refractivity contribution in [3.05, 3.63) is 11.1 Å². The van der Waals surface area contributed by atoms with E-state index in [9.17, 15) is 9.59 Å². The first-order valence-corrected chi connectivity index (χ1v) is 5.64. The van der Waals surface area contributed by atoms with Gasteiger partial charge in [-0.05, 0) is 17.5 Å². The Kier molecular flexibility index (Phi) is 4.36. The van der Waals surface area contributed by atoms with E-state index in [1.165, 1.54) is 5.38 Å². The molecular formula is C9H13N3O3S. The lowest BCUT2D eigenvalue weighted by Gasteiger charge is -2.19. The first-order chi connectivity index (χ1) is 7.50. The fraction of sp³-hybridized carbons (Fsp3) is 0.556. The smallest absolute Gasteiger partial charge is 0.305 e. The van der Waals surface area contributed by atoms with Crippen LogP contribution in [0, 0.1) is 5.92 Å². The van der Waals surface area contributed by atoms with E-state index in [1.807, 2.05) is 13.8 Å². The molecule has 16 heavy (non-hydrogen) atoms. The first-order valence-electron chi connectivity index (χ1n) is 4.80. The van der Waals surface area contributed by atoms with Crippen molar-refractivity contribution in [2.24, 2.45) is 5.92 Å². The predicted octanol–water partition coefficient (Wildman–Crippen LogP) is 0.767. The lowest BCUT2D eigenvalue weighted by molar-refractivity contribution is -0.137. The summed E-state index contributed by atoms with van der Waals surface area (Å²) >= 11 is 1.08. The van der Waals surface area contributed by atoms with Gasteiger partial charge in [0.1, 0.15) is 0 Å². The van der Waals surface area contributed by atoms with Gasteiger partial charge >= 0.3 is 5.97 Å². The maximum atomic E-state index is 11.6. The van der Waals surface area contributed by atoms with E-state index < -0.39 is 12.0 Å². The highest BCUT2D eigenvalue weighted by Crippen LogP contribution is 2.07. The number of carbonyl (C=O) groups excluding carboxylic acids is 1. The molecule has 6 nitrogen and oxygen atoms in total. The zero-order valence-electron chi connectivity index (χ0n) is 9.01. The number of nitrogens with one attached hydrogen (secondary N) is 1. The minimum absolute atomic E-state index is 0.0478. The molecule has 0 aromatic carbocycles. The molecule has 7 heteroatoms. The Morgan fingerprint density at radius 3 is 2.69 bits per heavy atom. The number of amides is 1. The van der Waals surface area contributed by atoms with Crippen LogP contribution in [0.1, 0.15) is 30.8 Å². The van der Waals surface area contributed by atoms with Crippen LogP contribution in [0.5, 0.6) is 0 Å². The van der Waals surface area contributed by atoms with E-state index in [2.05, 4.69) is 14.9 Å². The van der Waals surface area contributed by atoms with Gasteiger partial charge in [0.25, 0.3) is 5.91 Å². The molecule has 88 valence electrons. The second-order valence-electron chi connectivity index (χ2n) is 3.71. The van der Waals surface area contributed by atoms with E-state index in [-0.39, 0.29) is 23.9 Å². The lowest BCUT2D eigenvalue weighted by Crippen LogP contribution is -2.40. The van der Waals surface area contributed by atoms with Crippen molar-refractivity contribution in [3.63, 3.8) is 0 Å². The standard InChI is InChI=1S/C9H13N3O3S/c1-5(2)6(3-8(13)14)10-9(15)7-4-16-12-11-7/h4-6H,3H2,1-2H3,(H,10,15)(H,13,14). The number of carboxylic acid groups (broad SMARTS) is 1. The molecule has 1 rings (SSSR count). The molecule has 1 amide bonds. The summed E-state index contributed by atoms with van der Waals surface area (Å²) in [5.74, 6) is -1.27. The average Bonchev–Trinajstić information content (AvgIpc) is 2.68. The second kappa shape index (κ2) is 5.55. The number of nitrogens with zero attached hydrogens (tertiary/aromatic N) is 2. The SMILES string of the molecule is CC(C)C(CC(=O)O)NC(=O)c1csnn1. The zero-order chi connectivity index (χ0) is 12.1. The van der Waals surface area contributed by atoms with Gasteiger partial charge in [-0.1, -0.05) is 18.3 Å². The molecule has 1 atom stereocenters. The Labute approximate surface area is 96.8 Å². The van der Waals surface area contributed by atoms with Crippen LogP contribution in [0.15, 0.2) is 5.38 Å². The lowest BCUT2D eigenvalue weighted by atomic mass is 10.0. The maximum absolute atomic E-state index is 11.6. The molecular weight excluding hydrogens is 230 g/mol. The molecule has 2 N–H and O–H groups in total. The molecule has 1 aromatic heterocycles. The molecule has 0 aliphatic rings. The van der Waals surface area contributed by atoms with E-state index in [0.717, 1.165) is 11.5 Å². The number of carboxylic acids is 1. The quantitative estimate of drug-likeness (QED) is 0.796. The minimum atomic E-state index is -0.935. The van der Waals surface area contributed by atoms with Crippen molar-refractivity contribution in [1.82, 2.24) is 14.9 Å². The Hall–Kier alpha value is -1.50. The van der Waals surface area contributed by atoms with Gasteiger partial charge in [0, 0.05) is 11.4 Å². The highest BCUT2D eigenvalue weighted by Gasteiger charge is 2.20. The van der Waals surface area contributed by atoms with Crippen molar-refractivity contribution < 1.29 is 14.7 Å². The van der Waals surface area contributed by atoms with E-state index in [1.54, 1.807) is 0 Å². The summed E-state index contributed by atoms with van der Waals surface area (Å²) in [6.07, 6.45) is -0.0963. The third kappa shape index (κ3) is 3.58. The summed E-state index contributed by atoms with van der Waals surface area (Å²) in [5.41, 5.74) is 0.223. The zero-order valence-corrected chi connectivity index (χ0v) is 9.82. The van der Waals surface area contributed by atoms with E-state index >= 15 is 0 Å². The van der Waals surface area contributed by atoms with E-state index in [4.69, 9.17) is 5.11 Å². The fourth-order valence-corrected chi connectivity index (χ4v) is 1.58. The summed E-state index contributed by atoms with van der Waals surface area (Å²) in [6.45, 7) is 3.71. The molecule has 0 fully saturated rings. The fourth-order valence-electron chi connectivity index (χ4n) is 1.15. The molecule has 0 saturated heterocycles. The van der Waals surface area contributed by atoms with Gasteiger partial charge < -0.3 is 10.4 Å². The van der Waals surface area contributed by atoms with Crippen LogP contribution in [-0.2, 0) is 4.79 Å². The third-order valence-corrected chi connectivity index (χ3v) is 2.61. The largest absolute Gasteiger partial charge is 0.481 e. The van der Waals surface area contributed by atoms with Gasteiger partial charge in [0.05, 0.1) is 6.42 Å². The number of hydrogen-bond donors (Lipinski definition) is 2. The average molecular weight is 243 g/mol. The van der Waals surface area contributed by atoms with Crippen LogP contribution in [-0.4, -0.2) is 32.6 Å². The molecule has 1 aromatic rings. The molecule has 0 saturated carbocycles. The molecule has 0 aliphatic carbocycles. The molecule has 0 spiro atoms. The van der Waals surface area contributed by atoms with Gasteiger partial charge in [0.2, 0.25) is 0 Å². The summed E-state index contributed by atoms with van der Waals surface area (Å²) in [4.78, 5) is 22.2. The topological polar surface area (TPSA) is 92.2 Å². The highest BCUT2D eigenvalue weighted by molar-refractivity contribution is 7.03. The van der Waals surface area contributed by atoms with Crippen molar-refractivity contribution >= 4 is 23.4 Å².